The maximum Gasteiger partial charge on any atom is 0.226 e. The predicted molar refractivity (Wildman–Crippen MR) is 68.4 cm³/mol. The molecular weight excluding hydrogens is 212 g/mol. The number of benzene rings is 1. The minimum Gasteiger partial charge on any atom is -0.345 e. The van der Waals surface area contributed by atoms with Crippen LogP contribution in [-0.2, 0) is 17.8 Å². The quantitative estimate of drug-likeness (QED) is 0.837. The summed E-state index contributed by atoms with van der Waals surface area (Å²) < 4.78 is 0. The molecule has 0 aromatic heterocycles. The van der Waals surface area contributed by atoms with Crippen LogP contribution in [0.2, 0.25) is 0 Å². The van der Waals surface area contributed by atoms with Crippen LogP contribution >= 0.6 is 0 Å². The average molecular weight is 232 g/mol. The van der Waals surface area contributed by atoms with E-state index in [-0.39, 0.29) is 5.91 Å². The van der Waals surface area contributed by atoms with E-state index in [2.05, 4.69) is 0 Å². The molecule has 1 aliphatic rings. The number of amides is 1. The number of rotatable bonds is 5. The molecule has 92 valence electrons. The molecule has 3 heteroatoms. The standard InChI is InChI=1S/C14H20N2O/c1-16(10-11-6-7-11)14(17)8-12-4-2-3-5-13(12)9-15/h2-5,11H,6-10,15H2,1H3. The first-order valence-electron chi connectivity index (χ1n) is 6.21. The molecule has 0 unspecified atom stereocenters. The van der Waals surface area contributed by atoms with E-state index < -0.39 is 0 Å². The lowest BCUT2D eigenvalue weighted by molar-refractivity contribution is -0.129. The van der Waals surface area contributed by atoms with Crippen LogP contribution in [0, 0.1) is 5.92 Å². The van der Waals surface area contributed by atoms with Gasteiger partial charge in [-0.05, 0) is 29.9 Å². The fourth-order valence-corrected chi connectivity index (χ4v) is 2.02. The fraction of sp³-hybridized carbons (Fsp3) is 0.500. The molecule has 0 aliphatic heterocycles. The van der Waals surface area contributed by atoms with Crippen molar-refractivity contribution in [3.63, 3.8) is 0 Å². The van der Waals surface area contributed by atoms with E-state index in [1.165, 1.54) is 12.8 Å². The van der Waals surface area contributed by atoms with Crippen molar-refractivity contribution < 1.29 is 4.79 Å². The maximum absolute atomic E-state index is 12.0. The Hall–Kier alpha value is -1.35. The third kappa shape index (κ3) is 3.30. The molecule has 3 nitrogen and oxygen atoms in total. The van der Waals surface area contributed by atoms with Gasteiger partial charge in [0.15, 0.2) is 0 Å². The Morgan fingerprint density at radius 1 is 1.35 bits per heavy atom. The summed E-state index contributed by atoms with van der Waals surface area (Å²) in [5.74, 6) is 0.937. The Morgan fingerprint density at radius 2 is 2.00 bits per heavy atom. The van der Waals surface area contributed by atoms with Crippen molar-refractivity contribution in [2.75, 3.05) is 13.6 Å². The smallest absolute Gasteiger partial charge is 0.226 e. The average Bonchev–Trinajstić information content (AvgIpc) is 3.13. The zero-order valence-corrected chi connectivity index (χ0v) is 10.4. The molecule has 1 fully saturated rings. The third-order valence-corrected chi connectivity index (χ3v) is 3.33. The lowest BCUT2D eigenvalue weighted by Gasteiger charge is -2.17. The van der Waals surface area contributed by atoms with Crippen molar-refractivity contribution in [2.24, 2.45) is 11.7 Å². The summed E-state index contributed by atoms with van der Waals surface area (Å²) >= 11 is 0. The van der Waals surface area contributed by atoms with E-state index in [1.54, 1.807) is 0 Å². The molecule has 0 radical (unpaired) electrons. The SMILES string of the molecule is CN(CC1CC1)C(=O)Cc1ccccc1CN. The van der Waals surface area contributed by atoms with Gasteiger partial charge in [-0.25, -0.2) is 0 Å². The Kier molecular flexibility index (Phi) is 3.79. The number of carbonyl (C=O) groups excluding carboxylic acids is 1. The van der Waals surface area contributed by atoms with Crippen molar-refractivity contribution in [3.8, 4) is 0 Å². The Balaban J connectivity index is 1.96. The van der Waals surface area contributed by atoms with Crippen LogP contribution in [0.15, 0.2) is 24.3 Å². The molecule has 0 saturated heterocycles. The fourth-order valence-electron chi connectivity index (χ4n) is 2.02. The molecule has 0 spiro atoms. The molecule has 0 atom stereocenters. The molecule has 1 amide bonds. The van der Waals surface area contributed by atoms with Gasteiger partial charge in [0.1, 0.15) is 0 Å². The number of hydrogen-bond acceptors (Lipinski definition) is 2. The highest BCUT2D eigenvalue weighted by Gasteiger charge is 2.24. The first kappa shape index (κ1) is 12.1. The molecule has 0 heterocycles. The molecule has 1 aromatic carbocycles. The second-order valence-electron chi connectivity index (χ2n) is 4.87. The van der Waals surface area contributed by atoms with E-state index in [0.717, 1.165) is 23.6 Å². The van der Waals surface area contributed by atoms with Gasteiger partial charge in [0.25, 0.3) is 0 Å². The highest BCUT2D eigenvalue weighted by atomic mass is 16.2. The molecule has 17 heavy (non-hydrogen) atoms. The minimum absolute atomic E-state index is 0.192. The lowest BCUT2D eigenvalue weighted by atomic mass is 10.0. The van der Waals surface area contributed by atoms with Gasteiger partial charge < -0.3 is 10.6 Å². The monoisotopic (exact) mass is 232 g/mol. The largest absolute Gasteiger partial charge is 0.345 e. The van der Waals surface area contributed by atoms with Crippen LogP contribution in [0.5, 0.6) is 0 Å². The van der Waals surface area contributed by atoms with Crippen LogP contribution in [0.25, 0.3) is 0 Å². The summed E-state index contributed by atoms with van der Waals surface area (Å²) in [6.07, 6.45) is 3.02. The second kappa shape index (κ2) is 5.32. The molecular formula is C14H20N2O. The predicted octanol–water partition coefficient (Wildman–Crippen LogP) is 1.56. The van der Waals surface area contributed by atoms with Crippen molar-refractivity contribution >= 4 is 5.91 Å². The van der Waals surface area contributed by atoms with Gasteiger partial charge >= 0.3 is 0 Å². The number of hydrogen-bond donors (Lipinski definition) is 1. The molecule has 0 bridgehead atoms. The second-order valence-corrected chi connectivity index (χ2v) is 4.87. The Morgan fingerprint density at radius 3 is 2.59 bits per heavy atom. The molecule has 1 aliphatic carbocycles. The van der Waals surface area contributed by atoms with Gasteiger partial charge in [-0.3, -0.25) is 4.79 Å². The summed E-state index contributed by atoms with van der Waals surface area (Å²) in [4.78, 5) is 13.9. The van der Waals surface area contributed by atoms with E-state index in [4.69, 9.17) is 5.73 Å². The topological polar surface area (TPSA) is 46.3 Å². The van der Waals surface area contributed by atoms with Crippen LogP contribution in [0.4, 0.5) is 0 Å². The molecule has 2 N–H and O–H groups in total. The normalized spacial score (nSPS) is 14.7. The summed E-state index contributed by atoms with van der Waals surface area (Å²) in [7, 11) is 1.89. The van der Waals surface area contributed by atoms with Crippen molar-refractivity contribution in [1.29, 1.82) is 0 Å². The minimum atomic E-state index is 0.192. The first-order valence-corrected chi connectivity index (χ1v) is 6.21. The summed E-state index contributed by atoms with van der Waals surface area (Å²) in [5.41, 5.74) is 7.80. The Bertz CT molecular complexity index is 399. The zero-order valence-electron chi connectivity index (χ0n) is 10.4. The Labute approximate surface area is 103 Å². The van der Waals surface area contributed by atoms with Crippen molar-refractivity contribution in [3.05, 3.63) is 35.4 Å². The van der Waals surface area contributed by atoms with Gasteiger partial charge in [0.2, 0.25) is 5.91 Å². The molecule has 2 rings (SSSR count). The summed E-state index contributed by atoms with van der Waals surface area (Å²) in [6.45, 7) is 1.40. The number of likely N-dealkylation sites (N-methyl/N-ethyl adjacent to an activating group) is 1. The lowest BCUT2D eigenvalue weighted by Crippen LogP contribution is -2.30. The van der Waals surface area contributed by atoms with Crippen LogP contribution < -0.4 is 5.73 Å². The highest BCUT2D eigenvalue weighted by Crippen LogP contribution is 2.29. The van der Waals surface area contributed by atoms with Gasteiger partial charge in [0.05, 0.1) is 6.42 Å². The zero-order chi connectivity index (χ0) is 12.3. The van der Waals surface area contributed by atoms with Crippen molar-refractivity contribution in [1.82, 2.24) is 4.90 Å². The van der Waals surface area contributed by atoms with Crippen LogP contribution in [-0.4, -0.2) is 24.4 Å². The molecule has 1 aromatic rings. The maximum atomic E-state index is 12.0. The number of nitrogens with two attached hydrogens (primary N) is 1. The molecule has 1 saturated carbocycles. The van der Waals surface area contributed by atoms with E-state index in [1.807, 2.05) is 36.2 Å². The van der Waals surface area contributed by atoms with Crippen LogP contribution in [0.1, 0.15) is 24.0 Å². The van der Waals surface area contributed by atoms with E-state index in [9.17, 15) is 4.79 Å². The highest BCUT2D eigenvalue weighted by molar-refractivity contribution is 5.78. The summed E-state index contributed by atoms with van der Waals surface area (Å²) in [5, 5.41) is 0. The van der Waals surface area contributed by atoms with Gasteiger partial charge in [-0.15, -0.1) is 0 Å². The van der Waals surface area contributed by atoms with Crippen LogP contribution in [0.3, 0.4) is 0 Å². The van der Waals surface area contributed by atoms with Gasteiger partial charge in [-0.1, -0.05) is 24.3 Å². The summed E-state index contributed by atoms with van der Waals surface area (Å²) in [6, 6.07) is 7.90. The van der Waals surface area contributed by atoms with Gasteiger partial charge in [0, 0.05) is 20.1 Å². The van der Waals surface area contributed by atoms with Gasteiger partial charge in [-0.2, -0.15) is 0 Å². The number of carbonyl (C=O) groups is 1. The van der Waals surface area contributed by atoms with E-state index >= 15 is 0 Å². The van der Waals surface area contributed by atoms with E-state index in [0.29, 0.717) is 13.0 Å². The number of nitrogens with zero attached hydrogens (tertiary/aromatic N) is 1. The van der Waals surface area contributed by atoms with Crippen molar-refractivity contribution in [2.45, 2.75) is 25.8 Å². The third-order valence-electron chi connectivity index (χ3n) is 3.33. The first-order chi connectivity index (χ1) is 8.20.